The fraction of sp³-hybridized carbons (Fsp3) is 0.444. The average Bonchev–Trinajstić information content (AvgIpc) is 2.60. The summed E-state index contributed by atoms with van der Waals surface area (Å²) in [4.78, 5) is 11.3. The maximum atomic E-state index is 6.11. The van der Waals surface area contributed by atoms with Gasteiger partial charge in [0.05, 0.1) is 13.1 Å². The zero-order chi connectivity index (χ0) is 16.5. The molecule has 6 heteroatoms. The number of aromatic nitrogens is 2. The Morgan fingerprint density at radius 3 is 2.75 bits per heavy atom. The van der Waals surface area contributed by atoms with E-state index in [0.29, 0.717) is 0 Å². The molecule has 24 heavy (non-hydrogen) atoms. The van der Waals surface area contributed by atoms with Crippen molar-refractivity contribution in [2.24, 2.45) is 0 Å². The Morgan fingerprint density at radius 1 is 1.25 bits per heavy atom. The third-order valence-electron chi connectivity index (χ3n) is 4.70. The van der Waals surface area contributed by atoms with Gasteiger partial charge in [0.25, 0.3) is 0 Å². The lowest BCUT2D eigenvalue weighted by Crippen LogP contribution is -2.48. The SMILES string of the molecule is CCc1cnc(N2CCc3c(cccc3OC3CN(Cl)C3)C2)nc1. The standard InChI is InChI=1S/C18H21ClN4O/c1-2-13-8-20-18(21-9-13)22-7-6-16-14(10-22)4-3-5-17(16)24-15-11-23(19)12-15/h3-5,8-9,15H,2,6-7,10-12H2,1H3. The van der Waals surface area contributed by atoms with Crippen LogP contribution in [0.2, 0.25) is 0 Å². The second kappa shape index (κ2) is 6.57. The van der Waals surface area contributed by atoms with Crippen molar-refractivity contribution in [1.29, 1.82) is 0 Å². The van der Waals surface area contributed by atoms with Crippen LogP contribution in [0.25, 0.3) is 0 Å². The summed E-state index contributed by atoms with van der Waals surface area (Å²) >= 11 is 5.89. The molecule has 0 atom stereocenters. The van der Waals surface area contributed by atoms with E-state index in [-0.39, 0.29) is 6.10 Å². The van der Waals surface area contributed by atoms with Crippen molar-refractivity contribution in [3.8, 4) is 5.75 Å². The first-order valence-electron chi connectivity index (χ1n) is 8.47. The molecule has 3 heterocycles. The average molecular weight is 345 g/mol. The van der Waals surface area contributed by atoms with E-state index in [1.165, 1.54) is 16.7 Å². The van der Waals surface area contributed by atoms with Crippen molar-refractivity contribution >= 4 is 17.7 Å². The highest BCUT2D eigenvalue weighted by Gasteiger charge is 2.29. The second-order valence-electron chi connectivity index (χ2n) is 6.38. The molecule has 1 fully saturated rings. The van der Waals surface area contributed by atoms with Crippen LogP contribution in [0.5, 0.6) is 5.75 Å². The van der Waals surface area contributed by atoms with E-state index in [1.54, 1.807) is 4.42 Å². The van der Waals surface area contributed by atoms with Gasteiger partial charge < -0.3 is 9.64 Å². The van der Waals surface area contributed by atoms with Gasteiger partial charge in [-0.3, -0.25) is 0 Å². The number of rotatable bonds is 4. The van der Waals surface area contributed by atoms with Crippen LogP contribution in [-0.4, -0.2) is 40.1 Å². The minimum atomic E-state index is 0.206. The lowest BCUT2D eigenvalue weighted by Gasteiger charge is -2.35. The number of aryl methyl sites for hydroxylation is 1. The lowest BCUT2D eigenvalue weighted by atomic mass is 9.98. The highest BCUT2D eigenvalue weighted by atomic mass is 35.5. The maximum absolute atomic E-state index is 6.11. The van der Waals surface area contributed by atoms with Crippen molar-refractivity contribution < 1.29 is 4.74 Å². The van der Waals surface area contributed by atoms with Gasteiger partial charge in [0.1, 0.15) is 11.9 Å². The quantitative estimate of drug-likeness (QED) is 0.798. The normalized spacial score (nSPS) is 18.2. The van der Waals surface area contributed by atoms with Crippen molar-refractivity contribution in [3.05, 3.63) is 47.3 Å². The van der Waals surface area contributed by atoms with E-state index in [2.05, 4.69) is 40.0 Å². The van der Waals surface area contributed by atoms with Crippen LogP contribution in [0, 0.1) is 0 Å². The van der Waals surface area contributed by atoms with E-state index in [1.807, 2.05) is 12.4 Å². The van der Waals surface area contributed by atoms with E-state index in [0.717, 1.165) is 50.7 Å². The lowest BCUT2D eigenvalue weighted by molar-refractivity contribution is 0.0773. The summed E-state index contributed by atoms with van der Waals surface area (Å²) < 4.78 is 7.86. The molecule has 2 aliphatic rings. The zero-order valence-corrected chi connectivity index (χ0v) is 14.5. The Balaban J connectivity index is 1.50. The second-order valence-corrected chi connectivity index (χ2v) is 6.86. The summed E-state index contributed by atoms with van der Waals surface area (Å²) in [6, 6.07) is 6.30. The number of halogens is 1. The van der Waals surface area contributed by atoms with Gasteiger partial charge in [0, 0.05) is 31.0 Å². The number of nitrogens with zero attached hydrogens (tertiary/aromatic N) is 4. The van der Waals surface area contributed by atoms with Crippen LogP contribution in [0.15, 0.2) is 30.6 Å². The Hall–Kier alpha value is -1.85. The molecule has 0 unspecified atom stereocenters. The minimum Gasteiger partial charge on any atom is -0.487 e. The summed E-state index contributed by atoms with van der Waals surface area (Å²) in [5.41, 5.74) is 3.77. The van der Waals surface area contributed by atoms with Crippen LogP contribution >= 0.6 is 11.8 Å². The first kappa shape index (κ1) is 15.7. The summed E-state index contributed by atoms with van der Waals surface area (Å²) in [7, 11) is 0. The van der Waals surface area contributed by atoms with Gasteiger partial charge in [-0.2, -0.15) is 0 Å². The zero-order valence-electron chi connectivity index (χ0n) is 13.8. The fourth-order valence-electron chi connectivity index (χ4n) is 3.19. The molecule has 0 bridgehead atoms. The summed E-state index contributed by atoms with van der Waals surface area (Å²) in [6.07, 6.45) is 5.96. The predicted octanol–water partition coefficient (Wildman–Crippen LogP) is 2.82. The Morgan fingerprint density at radius 2 is 2.04 bits per heavy atom. The van der Waals surface area contributed by atoms with Crippen LogP contribution in [0.4, 0.5) is 5.95 Å². The van der Waals surface area contributed by atoms with Gasteiger partial charge >= 0.3 is 0 Å². The van der Waals surface area contributed by atoms with Gasteiger partial charge in [-0.05, 0) is 41.8 Å². The molecule has 0 aliphatic carbocycles. The van der Waals surface area contributed by atoms with Crippen molar-refractivity contribution in [3.63, 3.8) is 0 Å². The number of hydrogen-bond donors (Lipinski definition) is 0. The third-order valence-corrected chi connectivity index (χ3v) is 4.98. The number of anilines is 1. The fourth-order valence-corrected chi connectivity index (χ4v) is 3.50. The molecular formula is C18H21ClN4O. The minimum absolute atomic E-state index is 0.206. The molecule has 2 aliphatic heterocycles. The highest BCUT2D eigenvalue weighted by molar-refractivity contribution is 6.13. The molecular weight excluding hydrogens is 324 g/mol. The van der Waals surface area contributed by atoms with Gasteiger partial charge in [-0.15, -0.1) is 0 Å². The van der Waals surface area contributed by atoms with Crippen LogP contribution in [0.1, 0.15) is 23.6 Å². The number of fused-ring (bicyclic) bond motifs is 1. The van der Waals surface area contributed by atoms with Crippen LogP contribution in [-0.2, 0) is 19.4 Å². The summed E-state index contributed by atoms with van der Waals surface area (Å²) in [6.45, 7) is 5.42. The molecule has 0 N–H and O–H groups in total. The monoisotopic (exact) mass is 344 g/mol. The smallest absolute Gasteiger partial charge is 0.225 e. The van der Waals surface area contributed by atoms with E-state index < -0.39 is 0 Å². The van der Waals surface area contributed by atoms with Gasteiger partial charge in [-0.25, -0.2) is 14.4 Å². The molecule has 0 saturated carbocycles. The molecule has 0 radical (unpaired) electrons. The first-order valence-corrected chi connectivity index (χ1v) is 8.80. The largest absolute Gasteiger partial charge is 0.487 e. The summed E-state index contributed by atoms with van der Waals surface area (Å²) in [5.74, 6) is 1.81. The predicted molar refractivity (Wildman–Crippen MR) is 94.4 cm³/mol. The molecule has 0 spiro atoms. The van der Waals surface area contributed by atoms with Crippen LogP contribution in [0.3, 0.4) is 0 Å². The topological polar surface area (TPSA) is 41.5 Å². The Bertz CT molecular complexity index is 715. The number of benzene rings is 1. The van der Waals surface area contributed by atoms with Gasteiger partial charge in [-0.1, -0.05) is 19.1 Å². The molecule has 5 nitrogen and oxygen atoms in total. The number of hydrogen-bond acceptors (Lipinski definition) is 5. The molecule has 1 aromatic heterocycles. The van der Waals surface area contributed by atoms with E-state index in [4.69, 9.17) is 16.5 Å². The maximum Gasteiger partial charge on any atom is 0.225 e. The molecule has 0 amide bonds. The third kappa shape index (κ3) is 3.06. The van der Waals surface area contributed by atoms with E-state index in [9.17, 15) is 0 Å². The van der Waals surface area contributed by atoms with Crippen molar-refractivity contribution in [1.82, 2.24) is 14.4 Å². The van der Waals surface area contributed by atoms with Crippen LogP contribution < -0.4 is 9.64 Å². The Labute approximate surface area is 147 Å². The molecule has 2 aromatic rings. The molecule has 1 aromatic carbocycles. The molecule has 4 rings (SSSR count). The van der Waals surface area contributed by atoms with Crippen molar-refractivity contribution in [2.75, 3.05) is 24.5 Å². The highest BCUT2D eigenvalue weighted by Crippen LogP contribution is 2.31. The van der Waals surface area contributed by atoms with Crippen molar-refractivity contribution in [2.45, 2.75) is 32.4 Å². The summed E-state index contributed by atoms with van der Waals surface area (Å²) in [5, 5.41) is 0. The Kier molecular flexibility index (Phi) is 4.29. The van der Waals surface area contributed by atoms with Gasteiger partial charge in [0.15, 0.2) is 0 Å². The first-order chi connectivity index (χ1) is 11.7. The number of ether oxygens (including phenoxy) is 1. The van der Waals surface area contributed by atoms with Gasteiger partial charge in [0.2, 0.25) is 5.95 Å². The molecule has 126 valence electrons. The van der Waals surface area contributed by atoms with E-state index >= 15 is 0 Å². The molecule has 1 saturated heterocycles.